The Morgan fingerprint density at radius 3 is 2.64 bits per heavy atom. The Kier molecular flexibility index (Phi) is 1.29. The maximum absolute atomic E-state index is 11.2. The van der Waals surface area contributed by atoms with Crippen LogP contribution in [0.5, 0.6) is 0 Å². The average Bonchev–Trinajstić information content (AvgIpc) is 2.44. The van der Waals surface area contributed by atoms with E-state index in [1.165, 1.54) is 6.42 Å². The minimum Gasteiger partial charge on any atom is -0.350 e. The lowest BCUT2D eigenvalue weighted by molar-refractivity contribution is -0.124. The van der Waals surface area contributed by atoms with Gasteiger partial charge >= 0.3 is 0 Å². The summed E-state index contributed by atoms with van der Waals surface area (Å²) in [6.07, 6.45) is 3.40. The van der Waals surface area contributed by atoms with E-state index in [1.807, 2.05) is 0 Å². The minimum absolute atomic E-state index is 0.182. The normalized spacial score (nSPS) is 41.7. The Hall–Kier alpha value is -0.530. The summed E-state index contributed by atoms with van der Waals surface area (Å²) in [5.41, 5.74) is 0.182. The van der Waals surface area contributed by atoms with Crippen molar-refractivity contribution in [2.45, 2.75) is 38.6 Å². The molecule has 2 nitrogen and oxygen atoms in total. The molecular formula is C9H15NO. The third kappa shape index (κ3) is 0.815. The quantitative estimate of drug-likeness (QED) is 0.604. The number of hydrogen-bond donors (Lipinski definition) is 1. The maximum atomic E-state index is 11.2. The number of carbonyl (C=O) groups is 1. The van der Waals surface area contributed by atoms with Gasteiger partial charge in [-0.15, -0.1) is 0 Å². The van der Waals surface area contributed by atoms with Gasteiger partial charge < -0.3 is 5.32 Å². The van der Waals surface area contributed by atoms with Crippen molar-refractivity contribution < 1.29 is 4.79 Å². The first-order valence-corrected chi connectivity index (χ1v) is 4.46. The van der Waals surface area contributed by atoms with Crippen molar-refractivity contribution in [1.82, 2.24) is 5.32 Å². The van der Waals surface area contributed by atoms with Crippen molar-refractivity contribution in [2.75, 3.05) is 0 Å². The molecule has 1 aliphatic carbocycles. The first-order chi connectivity index (χ1) is 5.14. The summed E-state index contributed by atoms with van der Waals surface area (Å²) in [6.45, 7) is 4.40. The van der Waals surface area contributed by atoms with Crippen LogP contribution in [0.1, 0.15) is 33.1 Å². The second-order valence-corrected chi connectivity index (χ2v) is 4.24. The van der Waals surface area contributed by atoms with Gasteiger partial charge in [0.1, 0.15) is 0 Å². The number of hydrogen-bond acceptors (Lipinski definition) is 1. The highest BCUT2D eigenvalue weighted by atomic mass is 16.2. The van der Waals surface area contributed by atoms with Crippen LogP contribution in [0.15, 0.2) is 0 Å². The van der Waals surface area contributed by atoms with Crippen LogP contribution < -0.4 is 5.32 Å². The summed E-state index contributed by atoms with van der Waals surface area (Å²) >= 11 is 0. The highest BCUT2D eigenvalue weighted by molar-refractivity contribution is 5.83. The Labute approximate surface area is 67.4 Å². The summed E-state index contributed by atoms with van der Waals surface area (Å²) in [7, 11) is 0. The van der Waals surface area contributed by atoms with Gasteiger partial charge in [0.05, 0.1) is 0 Å². The fraction of sp³-hybridized carbons (Fsp3) is 0.889. The van der Waals surface area contributed by atoms with Crippen molar-refractivity contribution in [3.63, 3.8) is 0 Å². The van der Waals surface area contributed by atoms with Crippen LogP contribution in [0.2, 0.25) is 0 Å². The summed E-state index contributed by atoms with van der Waals surface area (Å²) in [5, 5.41) is 3.13. The number of rotatable bonds is 1. The molecule has 2 unspecified atom stereocenters. The highest BCUT2D eigenvalue weighted by Gasteiger charge is 2.51. The fourth-order valence-electron chi connectivity index (χ4n) is 2.43. The van der Waals surface area contributed by atoms with Gasteiger partial charge in [0.15, 0.2) is 0 Å². The van der Waals surface area contributed by atoms with Crippen LogP contribution >= 0.6 is 0 Å². The van der Waals surface area contributed by atoms with Crippen LogP contribution in [0.25, 0.3) is 0 Å². The van der Waals surface area contributed by atoms with Crippen LogP contribution in [0.4, 0.5) is 0 Å². The van der Waals surface area contributed by atoms with Gasteiger partial charge in [-0.2, -0.15) is 0 Å². The van der Waals surface area contributed by atoms with Crippen molar-refractivity contribution in [3.8, 4) is 0 Å². The SMILES string of the molecule is CC(C)C12CCC(C1)C(=O)N2. The lowest BCUT2D eigenvalue weighted by Crippen LogP contribution is -2.47. The molecule has 1 heterocycles. The van der Waals surface area contributed by atoms with E-state index in [4.69, 9.17) is 0 Å². The van der Waals surface area contributed by atoms with E-state index in [-0.39, 0.29) is 5.54 Å². The first-order valence-electron chi connectivity index (χ1n) is 4.46. The summed E-state index contributed by atoms with van der Waals surface area (Å²) in [5.74, 6) is 1.24. The molecule has 2 atom stereocenters. The molecule has 0 aromatic heterocycles. The van der Waals surface area contributed by atoms with E-state index in [0.717, 1.165) is 12.8 Å². The molecule has 2 bridgehead atoms. The van der Waals surface area contributed by atoms with Gasteiger partial charge in [-0.25, -0.2) is 0 Å². The molecule has 2 fully saturated rings. The lowest BCUT2D eigenvalue weighted by atomic mass is 9.86. The molecule has 2 aliphatic rings. The van der Waals surface area contributed by atoms with E-state index in [9.17, 15) is 4.79 Å². The third-order valence-corrected chi connectivity index (χ3v) is 3.40. The molecule has 0 radical (unpaired) electrons. The maximum Gasteiger partial charge on any atom is 0.223 e. The van der Waals surface area contributed by atoms with Gasteiger partial charge in [-0.3, -0.25) is 4.79 Å². The van der Waals surface area contributed by atoms with E-state index >= 15 is 0 Å². The summed E-state index contributed by atoms with van der Waals surface area (Å²) < 4.78 is 0. The zero-order chi connectivity index (χ0) is 8.06. The Balaban J connectivity index is 2.23. The molecule has 2 rings (SSSR count). The second kappa shape index (κ2) is 1.99. The van der Waals surface area contributed by atoms with Crippen LogP contribution in [-0.2, 0) is 4.79 Å². The van der Waals surface area contributed by atoms with Crippen molar-refractivity contribution >= 4 is 5.91 Å². The van der Waals surface area contributed by atoms with Gasteiger partial charge in [0.2, 0.25) is 5.91 Å². The predicted octanol–water partition coefficient (Wildman–Crippen LogP) is 1.31. The Bertz CT molecular complexity index is 200. The Morgan fingerprint density at radius 2 is 2.36 bits per heavy atom. The van der Waals surface area contributed by atoms with E-state index in [1.54, 1.807) is 0 Å². The molecule has 1 saturated carbocycles. The summed E-state index contributed by atoms with van der Waals surface area (Å²) in [6, 6.07) is 0. The topological polar surface area (TPSA) is 29.1 Å². The zero-order valence-corrected chi connectivity index (χ0v) is 7.18. The number of carbonyl (C=O) groups excluding carboxylic acids is 1. The molecule has 0 aromatic carbocycles. The minimum atomic E-state index is 0.182. The van der Waals surface area contributed by atoms with Gasteiger partial charge in [-0.1, -0.05) is 13.8 Å². The second-order valence-electron chi connectivity index (χ2n) is 4.24. The third-order valence-electron chi connectivity index (χ3n) is 3.40. The number of nitrogens with one attached hydrogen (secondary N) is 1. The van der Waals surface area contributed by atoms with Crippen LogP contribution in [-0.4, -0.2) is 11.4 Å². The van der Waals surface area contributed by atoms with E-state index in [0.29, 0.717) is 17.7 Å². The molecular weight excluding hydrogens is 138 g/mol. The molecule has 0 spiro atoms. The molecule has 1 saturated heterocycles. The fourth-order valence-corrected chi connectivity index (χ4v) is 2.43. The lowest BCUT2D eigenvalue weighted by Gasteiger charge is -2.31. The monoisotopic (exact) mass is 153 g/mol. The standard InChI is InChI=1S/C9H15NO/c1-6(2)9-4-3-7(5-9)8(11)10-9/h6-7H,3-5H2,1-2H3,(H,10,11). The largest absolute Gasteiger partial charge is 0.350 e. The van der Waals surface area contributed by atoms with E-state index < -0.39 is 0 Å². The zero-order valence-electron chi connectivity index (χ0n) is 7.18. The van der Waals surface area contributed by atoms with Gasteiger partial charge in [0, 0.05) is 11.5 Å². The molecule has 2 heteroatoms. The number of piperidine rings is 1. The molecule has 1 N–H and O–H groups in total. The van der Waals surface area contributed by atoms with Crippen molar-refractivity contribution in [2.24, 2.45) is 11.8 Å². The summed E-state index contributed by atoms with van der Waals surface area (Å²) in [4.78, 5) is 11.2. The predicted molar refractivity (Wildman–Crippen MR) is 43.1 cm³/mol. The van der Waals surface area contributed by atoms with Gasteiger partial charge in [0.25, 0.3) is 0 Å². The highest BCUT2D eigenvalue weighted by Crippen LogP contribution is 2.44. The van der Waals surface area contributed by atoms with Crippen LogP contribution in [0, 0.1) is 11.8 Å². The number of amides is 1. The van der Waals surface area contributed by atoms with Crippen molar-refractivity contribution in [3.05, 3.63) is 0 Å². The molecule has 62 valence electrons. The van der Waals surface area contributed by atoms with Gasteiger partial charge in [-0.05, 0) is 25.2 Å². The molecule has 0 aromatic rings. The first kappa shape index (κ1) is 7.14. The average molecular weight is 153 g/mol. The smallest absolute Gasteiger partial charge is 0.223 e. The molecule has 1 amide bonds. The van der Waals surface area contributed by atoms with Crippen LogP contribution in [0.3, 0.4) is 0 Å². The van der Waals surface area contributed by atoms with E-state index in [2.05, 4.69) is 19.2 Å². The van der Waals surface area contributed by atoms with Crippen molar-refractivity contribution in [1.29, 1.82) is 0 Å². The molecule has 1 aliphatic heterocycles. The Morgan fingerprint density at radius 1 is 1.64 bits per heavy atom. The molecule has 11 heavy (non-hydrogen) atoms. The number of fused-ring (bicyclic) bond motifs is 2.